The standard InChI is InChI=1S/C20H27N7O.HI/c21-19(25-17-6-15-28-18-5-2-1-4-16(17)18)22-9-10-26-11-13-27(14-12-26)20-23-7-3-8-24-20;/h1-5,7-8,17H,6,9-15H2,(H3,21,22,25);1H. The molecule has 1 atom stereocenters. The van der Waals surface area contributed by atoms with Crippen LogP contribution in [0.4, 0.5) is 5.95 Å². The Morgan fingerprint density at radius 2 is 1.90 bits per heavy atom. The predicted octanol–water partition coefficient (Wildman–Crippen LogP) is 1.64. The summed E-state index contributed by atoms with van der Waals surface area (Å²) in [7, 11) is 0. The summed E-state index contributed by atoms with van der Waals surface area (Å²) in [4.78, 5) is 17.8. The third-order valence-corrected chi connectivity index (χ3v) is 5.19. The number of hydrogen-bond acceptors (Lipinski definition) is 6. The van der Waals surface area contributed by atoms with E-state index in [0.717, 1.165) is 56.4 Å². The molecule has 156 valence electrons. The summed E-state index contributed by atoms with van der Waals surface area (Å²) in [6.45, 7) is 6.10. The van der Waals surface area contributed by atoms with E-state index in [4.69, 9.17) is 10.5 Å². The lowest BCUT2D eigenvalue weighted by Gasteiger charge is -2.34. The van der Waals surface area contributed by atoms with Gasteiger partial charge in [-0.2, -0.15) is 0 Å². The van der Waals surface area contributed by atoms with Gasteiger partial charge in [-0.15, -0.1) is 24.0 Å². The highest BCUT2D eigenvalue weighted by atomic mass is 127. The lowest BCUT2D eigenvalue weighted by molar-refractivity contribution is 0.260. The first kappa shape index (κ1) is 21.6. The Bertz CT molecular complexity index is 796. The first-order chi connectivity index (χ1) is 13.8. The summed E-state index contributed by atoms with van der Waals surface area (Å²) in [5.41, 5.74) is 7.27. The normalized spacial score (nSPS) is 19.7. The van der Waals surface area contributed by atoms with Gasteiger partial charge in [0.15, 0.2) is 5.96 Å². The van der Waals surface area contributed by atoms with Crippen LogP contribution in [-0.2, 0) is 0 Å². The summed E-state index contributed by atoms with van der Waals surface area (Å²) in [5.74, 6) is 2.24. The molecule has 1 aromatic heterocycles. The Hall–Kier alpha value is -2.14. The minimum atomic E-state index is 0. The SMILES string of the molecule is I.NC(=NCCN1CCN(c2ncccn2)CC1)NC1CCOc2ccccc21. The van der Waals surface area contributed by atoms with E-state index >= 15 is 0 Å². The molecule has 2 aromatic rings. The van der Waals surface area contributed by atoms with Gasteiger partial charge in [-0.3, -0.25) is 9.89 Å². The van der Waals surface area contributed by atoms with E-state index < -0.39 is 0 Å². The number of hydrogen-bond donors (Lipinski definition) is 2. The molecule has 8 nitrogen and oxygen atoms in total. The Morgan fingerprint density at radius 3 is 2.69 bits per heavy atom. The summed E-state index contributed by atoms with van der Waals surface area (Å²) < 4.78 is 5.70. The lowest BCUT2D eigenvalue weighted by Crippen LogP contribution is -2.47. The fourth-order valence-electron chi connectivity index (χ4n) is 3.65. The molecular formula is C20H28IN7O. The van der Waals surface area contributed by atoms with Gasteiger partial charge in [-0.25, -0.2) is 9.97 Å². The third kappa shape index (κ3) is 5.69. The van der Waals surface area contributed by atoms with Crippen LogP contribution in [0.3, 0.4) is 0 Å². The second kappa shape index (κ2) is 10.6. The Morgan fingerprint density at radius 1 is 1.14 bits per heavy atom. The van der Waals surface area contributed by atoms with Crippen LogP contribution >= 0.6 is 24.0 Å². The van der Waals surface area contributed by atoms with Crippen molar-refractivity contribution in [2.75, 3.05) is 50.8 Å². The number of rotatable bonds is 5. The van der Waals surface area contributed by atoms with Crippen LogP contribution in [0, 0.1) is 0 Å². The van der Waals surface area contributed by atoms with Crippen molar-refractivity contribution in [3.8, 4) is 5.75 Å². The van der Waals surface area contributed by atoms with Crippen molar-refractivity contribution in [2.24, 2.45) is 10.7 Å². The molecule has 0 bridgehead atoms. The smallest absolute Gasteiger partial charge is 0.225 e. The molecule has 1 unspecified atom stereocenters. The molecule has 3 N–H and O–H groups in total. The Kier molecular flexibility index (Phi) is 7.87. The number of anilines is 1. The number of guanidine groups is 1. The van der Waals surface area contributed by atoms with E-state index in [0.29, 0.717) is 19.1 Å². The van der Waals surface area contributed by atoms with E-state index in [1.807, 2.05) is 24.3 Å². The lowest BCUT2D eigenvalue weighted by atomic mass is 10.0. The molecular weight excluding hydrogens is 481 g/mol. The van der Waals surface area contributed by atoms with Crippen molar-refractivity contribution >= 4 is 35.9 Å². The zero-order valence-corrected chi connectivity index (χ0v) is 18.7. The molecule has 4 rings (SSSR count). The zero-order valence-electron chi connectivity index (χ0n) is 16.4. The summed E-state index contributed by atoms with van der Waals surface area (Å²) in [6.07, 6.45) is 4.46. The zero-order chi connectivity index (χ0) is 19.2. The van der Waals surface area contributed by atoms with Crippen molar-refractivity contribution in [1.82, 2.24) is 20.2 Å². The molecule has 0 aliphatic carbocycles. The van der Waals surface area contributed by atoms with Gasteiger partial charge >= 0.3 is 0 Å². The Labute approximate surface area is 188 Å². The molecule has 0 saturated carbocycles. The van der Waals surface area contributed by atoms with Crippen molar-refractivity contribution in [3.05, 3.63) is 48.3 Å². The van der Waals surface area contributed by atoms with Gasteiger partial charge in [0.2, 0.25) is 5.95 Å². The molecule has 2 aliphatic heterocycles. The molecule has 0 spiro atoms. The number of aromatic nitrogens is 2. The summed E-state index contributed by atoms with van der Waals surface area (Å²) >= 11 is 0. The number of piperazine rings is 1. The van der Waals surface area contributed by atoms with E-state index in [-0.39, 0.29) is 30.0 Å². The monoisotopic (exact) mass is 509 g/mol. The van der Waals surface area contributed by atoms with Crippen molar-refractivity contribution < 1.29 is 4.74 Å². The number of nitrogens with zero attached hydrogens (tertiary/aromatic N) is 5. The number of fused-ring (bicyclic) bond motifs is 1. The predicted molar refractivity (Wildman–Crippen MR) is 125 cm³/mol. The first-order valence-corrected chi connectivity index (χ1v) is 9.82. The highest BCUT2D eigenvalue weighted by Crippen LogP contribution is 2.31. The van der Waals surface area contributed by atoms with Crippen LogP contribution in [0.25, 0.3) is 0 Å². The fraction of sp³-hybridized carbons (Fsp3) is 0.450. The fourth-order valence-corrected chi connectivity index (χ4v) is 3.65. The number of nitrogens with two attached hydrogens (primary N) is 1. The molecule has 9 heteroatoms. The van der Waals surface area contributed by atoms with Gasteiger partial charge < -0.3 is 20.7 Å². The second-order valence-electron chi connectivity index (χ2n) is 7.02. The van der Waals surface area contributed by atoms with Crippen molar-refractivity contribution in [3.63, 3.8) is 0 Å². The molecule has 2 aliphatic rings. The van der Waals surface area contributed by atoms with E-state index in [1.165, 1.54) is 0 Å². The Balaban J connectivity index is 0.00000240. The quantitative estimate of drug-likeness (QED) is 0.360. The van der Waals surface area contributed by atoms with Crippen LogP contribution in [0.1, 0.15) is 18.0 Å². The van der Waals surface area contributed by atoms with Crippen LogP contribution in [0.5, 0.6) is 5.75 Å². The molecule has 0 amide bonds. The largest absolute Gasteiger partial charge is 0.493 e. The molecule has 3 heterocycles. The average molecular weight is 509 g/mol. The first-order valence-electron chi connectivity index (χ1n) is 9.82. The number of halogens is 1. The number of aliphatic imine (C=N–C) groups is 1. The highest BCUT2D eigenvalue weighted by Gasteiger charge is 2.21. The number of para-hydroxylation sites is 1. The van der Waals surface area contributed by atoms with Gasteiger partial charge in [0.05, 0.1) is 19.2 Å². The van der Waals surface area contributed by atoms with Crippen LogP contribution in [0.2, 0.25) is 0 Å². The molecule has 0 radical (unpaired) electrons. The average Bonchev–Trinajstić information content (AvgIpc) is 2.75. The number of ether oxygens (including phenoxy) is 1. The van der Waals surface area contributed by atoms with Crippen LogP contribution < -0.4 is 20.7 Å². The van der Waals surface area contributed by atoms with E-state index in [1.54, 1.807) is 12.4 Å². The summed E-state index contributed by atoms with van der Waals surface area (Å²) in [6, 6.07) is 10.1. The maximum absolute atomic E-state index is 6.13. The van der Waals surface area contributed by atoms with Gasteiger partial charge in [0.1, 0.15) is 5.75 Å². The minimum Gasteiger partial charge on any atom is -0.493 e. The molecule has 1 saturated heterocycles. The van der Waals surface area contributed by atoms with Gasteiger partial charge in [0.25, 0.3) is 0 Å². The number of nitrogens with one attached hydrogen (secondary N) is 1. The number of benzene rings is 1. The third-order valence-electron chi connectivity index (χ3n) is 5.19. The minimum absolute atomic E-state index is 0. The summed E-state index contributed by atoms with van der Waals surface area (Å²) in [5, 5.41) is 3.35. The topological polar surface area (TPSA) is 91.9 Å². The van der Waals surface area contributed by atoms with Gasteiger partial charge in [0, 0.05) is 57.1 Å². The molecule has 1 fully saturated rings. The second-order valence-corrected chi connectivity index (χ2v) is 7.02. The van der Waals surface area contributed by atoms with Crippen molar-refractivity contribution in [1.29, 1.82) is 0 Å². The van der Waals surface area contributed by atoms with Crippen molar-refractivity contribution in [2.45, 2.75) is 12.5 Å². The molecule has 1 aromatic carbocycles. The van der Waals surface area contributed by atoms with E-state index in [9.17, 15) is 0 Å². The maximum atomic E-state index is 6.13. The van der Waals surface area contributed by atoms with Gasteiger partial charge in [-0.05, 0) is 12.1 Å². The van der Waals surface area contributed by atoms with Gasteiger partial charge in [-0.1, -0.05) is 18.2 Å². The maximum Gasteiger partial charge on any atom is 0.225 e. The van der Waals surface area contributed by atoms with Crippen LogP contribution in [-0.4, -0.2) is 66.7 Å². The van der Waals surface area contributed by atoms with E-state index in [2.05, 4.69) is 36.1 Å². The highest BCUT2D eigenvalue weighted by molar-refractivity contribution is 14.0. The molecule has 29 heavy (non-hydrogen) atoms. The van der Waals surface area contributed by atoms with Crippen LogP contribution in [0.15, 0.2) is 47.7 Å².